The second-order valence-electron chi connectivity index (χ2n) is 8.91. The van der Waals surface area contributed by atoms with Crippen molar-refractivity contribution < 1.29 is 31.9 Å². The van der Waals surface area contributed by atoms with Crippen molar-refractivity contribution in [3.05, 3.63) is 83.2 Å². The molecule has 15 heteroatoms. The zero-order chi connectivity index (χ0) is 29.9. The molecule has 41 heavy (non-hydrogen) atoms. The van der Waals surface area contributed by atoms with E-state index in [1.165, 1.54) is 35.0 Å². The lowest BCUT2D eigenvalue weighted by atomic mass is 10.1. The summed E-state index contributed by atoms with van der Waals surface area (Å²) in [6, 6.07) is 3.94. The van der Waals surface area contributed by atoms with Crippen molar-refractivity contribution in [2.45, 2.75) is 32.2 Å². The molecule has 1 aromatic carbocycles. The van der Waals surface area contributed by atoms with Crippen LogP contribution in [0.2, 0.25) is 0 Å². The molecule has 1 aliphatic rings. The minimum Gasteiger partial charge on any atom is -0.349 e. The van der Waals surface area contributed by atoms with Crippen molar-refractivity contribution in [1.29, 1.82) is 0 Å². The van der Waals surface area contributed by atoms with E-state index in [9.17, 15) is 31.9 Å². The van der Waals surface area contributed by atoms with Crippen molar-refractivity contribution in [2.75, 3.05) is 17.4 Å². The SMILES string of the molecule is C=C/C=N\N(C)c1ccc(CNC(=O)c2nc(NC(=O)c3cc(F)cc(C(F)(F)F)c3)c3n2C(C)C(=O)NC3)cn1. The third-order valence-corrected chi connectivity index (χ3v) is 6.07. The molecule has 4 rings (SSSR count). The number of anilines is 2. The van der Waals surface area contributed by atoms with Gasteiger partial charge in [0, 0.05) is 31.6 Å². The van der Waals surface area contributed by atoms with E-state index in [4.69, 9.17) is 0 Å². The summed E-state index contributed by atoms with van der Waals surface area (Å²) in [4.78, 5) is 46.7. The summed E-state index contributed by atoms with van der Waals surface area (Å²) in [6.45, 7) is 4.98. The van der Waals surface area contributed by atoms with Crippen LogP contribution in [0.25, 0.3) is 0 Å². The van der Waals surface area contributed by atoms with Gasteiger partial charge in [-0.25, -0.2) is 14.4 Å². The number of benzene rings is 1. The molecule has 0 saturated heterocycles. The number of carbonyl (C=O) groups is 3. The largest absolute Gasteiger partial charge is 0.416 e. The monoisotopic (exact) mass is 572 g/mol. The lowest BCUT2D eigenvalue weighted by Gasteiger charge is -2.24. The van der Waals surface area contributed by atoms with Crippen LogP contribution in [0.15, 0.2) is 54.3 Å². The molecule has 0 radical (unpaired) electrons. The van der Waals surface area contributed by atoms with Crippen molar-refractivity contribution in [2.24, 2.45) is 5.10 Å². The van der Waals surface area contributed by atoms with E-state index >= 15 is 0 Å². The number of carbonyl (C=O) groups excluding carboxylic acids is 3. The van der Waals surface area contributed by atoms with Crippen LogP contribution in [0.4, 0.5) is 29.2 Å². The number of hydrogen-bond donors (Lipinski definition) is 3. The maximum atomic E-state index is 13.9. The highest BCUT2D eigenvalue weighted by Crippen LogP contribution is 2.31. The second kappa shape index (κ2) is 11.6. The third kappa shape index (κ3) is 6.40. The smallest absolute Gasteiger partial charge is 0.349 e. The van der Waals surface area contributed by atoms with Gasteiger partial charge in [-0.15, -0.1) is 0 Å². The van der Waals surface area contributed by atoms with Gasteiger partial charge in [0.05, 0.1) is 17.8 Å². The van der Waals surface area contributed by atoms with Gasteiger partial charge in [-0.3, -0.25) is 19.4 Å². The molecule has 3 amide bonds. The molecule has 0 saturated carbocycles. The van der Waals surface area contributed by atoms with Gasteiger partial charge in [-0.2, -0.15) is 18.3 Å². The van der Waals surface area contributed by atoms with Crippen LogP contribution in [0.3, 0.4) is 0 Å². The summed E-state index contributed by atoms with van der Waals surface area (Å²) in [5.41, 5.74) is -1.07. The number of allylic oxidation sites excluding steroid dienone is 1. The van der Waals surface area contributed by atoms with E-state index in [1.54, 1.807) is 19.2 Å². The fourth-order valence-electron chi connectivity index (χ4n) is 3.99. The highest BCUT2D eigenvalue weighted by molar-refractivity contribution is 6.05. The molecule has 3 aromatic rings. The summed E-state index contributed by atoms with van der Waals surface area (Å²) in [5.74, 6) is -3.27. The van der Waals surface area contributed by atoms with Crippen molar-refractivity contribution in [3.63, 3.8) is 0 Å². The number of rotatable bonds is 8. The molecule has 3 N–H and O–H groups in total. The Kier molecular flexibility index (Phi) is 8.16. The molecule has 214 valence electrons. The summed E-state index contributed by atoms with van der Waals surface area (Å²) in [7, 11) is 1.70. The molecule has 0 bridgehead atoms. The van der Waals surface area contributed by atoms with E-state index < -0.39 is 46.9 Å². The van der Waals surface area contributed by atoms with Crippen LogP contribution >= 0.6 is 0 Å². The molecule has 0 spiro atoms. The first kappa shape index (κ1) is 28.9. The zero-order valence-electron chi connectivity index (χ0n) is 21.8. The van der Waals surface area contributed by atoms with Gasteiger partial charge in [-0.05, 0) is 42.8 Å². The lowest BCUT2D eigenvalue weighted by Crippen LogP contribution is -2.39. The molecule has 3 heterocycles. The fourth-order valence-corrected chi connectivity index (χ4v) is 3.99. The summed E-state index contributed by atoms with van der Waals surface area (Å²) in [6.07, 6.45) is -0.328. The van der Waals surface area contributed by atoms with Crippen LogP contribution < -0.4 is 21.0 Å². The lowest BCUT2D eigenvalue weighted by molar-refractivity contribution is -0.137. The van der Waals surface area contributed by atoms with Crippen LogP contribution in [0.5, 0.6) is 0 Å². The molecule has 1 atom stereocenters. The topological polar surface area (TPSA) is 134 Å². The van der Waals surface area contributed by atoms with E-state index in [-0.39, 0.29) is 36.5 Å². The van der Waals surface area contributed by atoms with Gasteiger partial charge in [0.1, 0.15) is 17.7 Å². The highest BCUT2D eigenvalue weighted by atomic mass is 19.4. The number of alkyl halides is 3. The number of nitrogens with one attached hydrogen (secondary N) is 3. The Morgan fingerprint density at radius 3 is 2.68 bits per heavy atom. The van der Waals surface area contributed by atoms with E-state index in [1.807, 2.05) is 0 Å². The molecule has 0 aliphatic carbocycles. The van der Waals surface area contributed by atoms with E-state index in [2.05, 4.69) is 37.6 Å². The van der Waals surface area contributed by atoms with Gasteiger partial charge >= 0.3 is 6.18 Å². The number of imidazole rings is 1. The quantitative estimate of drug-likeness (QED) is 0.215. The average Bonchev–Trinajstić information content (AvgIpc) is 3.30. The highest BCUT2D eigenvalue weighted by Gasteiger charge is 2.34. The minimum atomic E-state index is -4.87. The number of halogens is 4. The Labute approximate surface area is 231 Å². The molecular formula is C26H24F4N8O3. The number of pyridine rings is 1. The maximum Gasteiger partial charge on any atom is 0.416 e. The van der Waals surface area contributed by atoms with Gasteiger partial charge in [0.2, 0.25) is 11.7 Å². The van der Waals surface area contributed by atoms with Gasteiger partial charge in [0.15, 0.2) is 5.82 Å². The Bertz CT molecular complexity index is 1530. The zero-order valence-corrected chi connectivity index (χ0v) is 21.8. The molecule has 1 unspecified atom stereocenters. The number of aromatic nitrogens is 3. The normalized spacial score (nSPS) is 14.8. The van der Waals surface area contributed by atoms with Gasteiger partial charge in [0.25, 0.3) is 11.8 Å². The molecule has 0 fully saturated rings. The molecule has 11 nitrogen and oxygen atoms in total. The van der Waals surface area contributed by atoms with Crippen LogP contribution in [0.1, 0.15) is 50.8 Å². The summed E-state index contributed by atoms with van der Waals surface area (Å²) < 4.78 is 54.5. The number of hydrazone groups is 1. The Hall–Kier alpha value is -5.08. The van der Waals surface area contributed by atoms with Gasteiger partial charge in [-0.1, -0.05) is 12.6 Å². The first-order valence-electron chi connectivity index (χ1n) is 12.1. The summed E-state index contributed by atoms with van der Waals surface area (Å²) >= 11 is 0. The predicted molar refractivity (Wildman–Crippen MR) is 141 cm³/mol. The molecule has 1 aliphatic heterocycles. The van der Waals surface area contributed by atoms with E-state index in [0.29, 0.717) is 23.5 Å². The van der Waals surface area contributed by atoms with Gasteiger partial charge < -0.3 is 20.5 Å². The Morgan fingerprint density at radius 1 is 1.27 bits per heavy atom. The predicted octanol–water partition coefficient (Wildman–Crippen LogP) is 3.42. The van der Waals surface area contributed by atoms with Crippen LogP contribution in [-0.2, 0) is 24.1 Å². The van der Waals surface area contributed by atoms with E-state index in [0.717, 1.165) is 0 Å². The third-order valence-electron chi connectivity index (χ3n) is 6.07. The number of nitrogens with zero attached hydrogens (tertiary/aromatic N) is 5. The van der Waals surface area contributed by atoms with Crippen molar-refractivity contribution >= 4 is 35.6 Å². The van der Waals surface area contributed by atoms with Crippen molar-refractivity contribution in [1.82, 2.24) is 25.2 Å². The first-order valence-corrected chi connectivity index (χ1v) is 12.1. The molecular weight excluding hydrogens is 548 g/mol. The molecule has 2 aromatic heterocycles. The summed E-state index contributed by atoms with van der Waals surface area (Å²) in [5, 5.41) is 13.2. The number of fused-ring (bicyclic) bond motifs is 1. The average molecular weight is 573 g/mol. The number of hydrogen-bond acceptors (Lipinski definition) is 7. The Balaban J connectivity index is 1.56. The number of amides is 3. The fraction of sp³-hybridized carbons (Fsp3) is 0.231. The van der Waals surface area contributed by atoms with Crippen LogP contribution in [-0.4, -0.2) is 45.5 Å². The van der Waals surface area contributed by atoms with Crippen LogP contribution in [0, 0.1) is 5.82 Å². The van der Waals surface area contributed by atoms with Crippen molar-refractivity contribution in [3.8, 4) is 0 Å². The standard InChI is InChI=1S/C26H24F4N8O3/c1-4-7-34-37(3)20-6-5-15(11-31-20)12-32-25(41)22-35-21(19-13-33-23(39)14(2)38(19)22)36-24(40)16-8-17(26(28,29)30)10-18(27)9-16/h4-11,14H,1,12-13H2,2-3H3,(H,32,41)(H,33,39)(H,36,40)/b34-7-. The maximum absolute atomic E-state index is 13.9. The Morgan fingerprint density at radius 2 is 2.02 bits per heavy atom. The first-order chi connectivity index (χ1) is 19.4. The minimum absolute atomic E-state index is 0.0414. The second-order valence-corrected chi connectivity index (χ2v) is 8.91.